The topological polar surface area (TPSA) is 58.2 Å². The largest absolute Gasteiger partial charge is 0.339 e. The van der Waals surface area contributed by atoms with Crippen molar-refractivity contribution in [3.63, 3.8) is 0 Å². The van der Waals surface area contributed by atoms with Gasteiger partial charge in [0.25, 0.3) is 5.91 Å². The molecule has 0 aliphatic carbocycles. The zero-order valence-corrected chi connectivity index (χ0v) is 12.2. The quantitative estimate of drug-likeness (QED) is 0.840. The Morgan fingerprint density at radius 1 is 1.35 bits per heavy atom. The van der Waals surface area contributed by atoms with E-state index < -0.39 is 6.04 Å². The lowest BCUT2D eigenvalue weighted by Crippen LogP contribution is -2.57. The minimum absolute atomic E-state index is 0.0980. The van der Waals surface area contributed by atoms with Gasteiger partial charge < -0.3 is 10.6 Å². The van der Waals surface area contributed by atoms with Crippen LogP contribution in [0.1, 0.15) is 25.8 Å². The van der Waals surface area contributed by atoms with E-state index in [1.807, 2.05) is 26.0 Å². The van der Waals surface area contributed by atoms with Crippen LogP contribution in [0.5, 0.6) is 0 Å². The summed E-state index contributed by atoms with van der Waals surface area (Å²) in [4.78, 5) is 24.1. The van der Waals surface area contributed by atoms with Gasteiger partial charge >= 0.3 is 0 Å². The summed E-state index contributed by atoms with van der Waals surface area (Å²) >= 11 is 6.04. The highest BCUT2D eigenvalue weighted by Crippen LogP contribution is 2.19. The predicted molar refractivity (Wildman–Crippen MR) is 79.0 cm³/mol. The van der Waals surface area contributed by atoms with Crippen LogP contribution in [-0.2, 0) is 9.59 Å². The van der Waals surface area contributed by atoms with E-state index in [0.29, 0.717) is 10.6 Å². The molecule has 1 fully saturated rings. The third kappa shape index (κ3) is 3.02. The molecule has 1 aliphatic rings. The molecule has 20 heavy (non-hydrogen) atoms. The Hall–Kier alpha value is -1.81. The van der Waals surface area contributed by atoms with Gasteiger partial charge in [-0.3, -0.25) is 9.59 Å². The van der Waals surface area contributed by atoms with Gasteiger partial charge in [-0.05, 0) is 23.6 Å². The highest BCUT2D eigenvalue weighted by Gasteiger charge is 2.32. The maximum absolute atomic E-state index is 12.0. The number of piperazine rings is 1. The summed E-state index contributed by atoms with van der Waals surface area (Å²) in [7, 11) is 0. The van der Waals surface area contributed by atoms with E-state index in [0.717, 1.165) is 6.42 Å². The zero-order chi connectivity index (χ0) is 14.7. The fourth-order valence-corrected chi connectivity index (χ4v) is 2.23. The number of halogens is 1. The molecule has 2 atom stereocenters. The molecule has 4 nitrogen and oxygen atoms in total. The molecule has 0 unspecified atom stereocenters. The predicted octanol–water partition coefficient (Wildman–Crippen LogP) is 2.34. The molecule has 1 heterocycles. The first-order chi connectivity index (χ1) is 9.52. The molecule has 5 heteroatoms. The van der Waals surface area contributed by atoms with Crippen molar-refractivity contribution < 1.29 is 9.59 Å². The lowest BCUT2D eigenvalue weighted by atomic mass is 9.96. The second-order valence-electron chi connectivity index (χ2n) is 4.91. The van der Waals surface area contributed by atoms with Gasteiger partial charge in [-0.1, -0.05) is 50.1 Å². The fraction of sp³-hybridized carbons (Fsp3) is 0.333. The first-order valence-electron chi connectivity index (χ1n) is 6.61. The van der Waals surface area contributed by atoms with E-state index in [2.05, 4.69) is 10.6 Å². The van der Waals surface area contributed by atoms with Crippen molar-refractivity contribution in [3.8, 4) is 0 Å². The Labute approximate surface area is 123 Å². The van der Waals surface area contributed by atoms with Crippen molar-refractivity contribution in [1.29, 1.82) is 0 Å². The molecule has 0 saturated carbocycles. The number of amides is 2. The zero-order valence-electron chi connectivity index (χ0n) is 11.4. The van der Waals surface area contributed by atoms with Crippen LogP contribution in [-0.4, -0.2) is 17.9 Å². The van der Waals surface area contributed by atoms with E-state index in [9.17, 15) is 9.59 Å². The maximum atomic E-state index is 12.0. The molecule has 0 radical (unpaired) electrons. The Balaban J connectivity index is 2.23. The van der Waals surface area contributed by atoms with Crippen LogP contribution in [0.25, 0.3) is 6.08 Å². The van der Waals surface area contributed by atoms with E-state index in [1.165, 1.54) is 0 Å². The Morgan fingerprint density at radius 2 is 2.05 bits per heavy atom. The first kappa shape index (κ1) is 14.6. The molecule has 2 N–H and O–H groups in total. The summed E-state index contributed by atoms with van der Waals surface area (Å²) < 4.78 is 0. The molecule has 0 aromatic heterocycles. The second kappa shape index (κ2) is 6.09. The van der Waals surface area contributed by atoms with Crippen LogP contribution in [0.2, 0.25) is 5.02 Å². The average molecular weight is 293 g/mol. The lowest BCUT2D eigenvalue weighted by molar-refractivity contribution is -0.132. The Kier molecular flexibility index (Phi) is 4.45. The highest BCUT2D eigenvalue weighted by atomic mass is 35.5. The number of nitrogens with one attached hydrogen (secondary N) is 2. The summed E-state index contributed by atoms with van der Waals surface area (Å²) in [5.74, 6) is -0.368. The molecule has 1 saturated heterocycles. The van der Waals surface area contributed by atoms with Gasteiger partial charge in [0.15, 0.2) is 0 Å². The number of hydrogen-bond donors (Lipinski definition) is 2. The number of hydrogen-bond acceptors (Lipinski definition) is 2. The van der Waals surface area contributed by atoms with Gasteiger partial charge in [-0.2, -0.15) is 0 Å². The highest BCUT2D eigenvalue weighted by molar-refractivity contribution is 6.32. The van der Waals surface area contributed by atoms with Crippen molar-refractivity contribution in [1.82, 2.24) is 10.6 Å². The summed E-state index contributed by atoms with van der Waals surface area (Å²) in [5.41, 5.74) is 0.921. The van der Waals surface area contributed by atoms with Crippen LogP contribution in [0.3, 0.4) is 0 Å². The summed E-state index contributed by atoms with van der Waals surface area (Å²) in [5, 5.41) is 5.94. The average Bonchev–Trinajstić information content (AvgIpc) is 2.44. The molecule has 1 aliphatic heterocycles. The maximum Gasteiger partial charge on any atom is 0.268 e. The van der Waals surface area contributed by atoms with Crippen molar-refractivity contribution in [2.24, 2.45) is 5.92 Å². The summed E-state index contributed by atoms with van der Waals surface area (Å²) in [6, 6.07) is 6.68. The molecule has 2 amide bonds. The standard InChI is InChI=1S/C15H17ClN2O2/c1-3-9(2)13-15(20)17-12(14(19)18-13)8-10-6-4-5-7-11(10)16/h4-9,13H,3H2,1-2H3,(H,17,20)(H,18,19)/t9-,13-/m1/s1. The van der Waals surface area contributed by atoms with Gasteiger partial charge in [0.2, 0.25) is 5.91 Å². The van der Waals surface area contributed by atoms with Crippen molar-refractivity contribution in [2.75, 3.05) is 0 Å². The minimum atomic E-state index is -0.476. The minimum Gasteiger partial charge on any atom is -0.339 e. The smallest absolute Gasteiger partial charge is 0.268 e. The van der Waals surface area contributed by atoms with Crippen molar-refractivity contribution in [3.05, 3.63) is 40.5 Å². The molecular formula is C15H17ClN2O2. The molecular weight excluding hydrogens is 276 g/mol. The Morgan fingerprint density at radius 3 is 2.70 bits per heavy atom. The van der Waals surface area contributed by atoms with Gasteiger partial charge in [0.1, 0.15) is 11.7 Å². The van der Waals surface area contributed by atoms with Gasteiger partial charge in [0.05, 0.1) is 0 Å². The molecule has 2 rings (SSSR count). The summed E-state index contributed by atoms with van der Waals surface area (Å²) in [6.45, 7) is 3.92. The van der Waals surface area contributed by atoms with E-state index in [-0.39, 0.29) is 23.4 Å². The van der Waals surface area contributed by atoms with Crippen LogP contribution in [0, 0.1) is 5.92 Å². The molecule has 0 bridgehead atoms. The normalized spacial score (nSPS) is 22.4. The fourth-order valence-electron chi connectivity index (χ4n) is 2.04. The van der Waals surface area contributed by atoms with Crippen LogP contribution >= 0.6 is 11.6 Å². The second-order valence-corrected chi connectivity index (χ2v) is 5.31. The SMILES string of the molecule is CC[C@@H](C)[C@H]1NC(=O)C(=Cc2ccccc2Cl)NC1=O. The number of carbonyl (C=O) groups is 2. The Bertz CT molecular complexity index is 569. The monoisotopic (exact) mass is 292 g/mol. The third-order valence-corrected chi connectivity index (χ3v) is 3.83. The first-order valence-corrected chi connectivity index (χ1v) is 6.98. The van der Waals surface area contributed by atoms with Gasteiger partial charge in [-0.25, -0.2) is 0 Å². The third-order valence-electron chi connectivity index (χ3n) is 3.49. The van der Waals surface area contributed by atoms with Crippen LogP contribution < -0.4 is 10.6 Å². The van der Waals surface area contributed by atoms with Crippen molar-refractivity contribution in [2.45, 2.75) is 26.3 Å². The lowest BCUT2D eigenvalue weighted by Gasteiger charge is -2.28. The van der Waals surface area contributed by atoms with E-state index in [1.54, 1.807) is 18.2 Å². The molecule has 106 valence electrons. The molecule has 1 aromatic rings. The van der Waals surface area contributed by atoms with Gasteiger partial charge in [0, 0.05) is 5.02 Å². The van der Waals surface area contributed by atoms with Crippen molar-refractivity contribution >= 4 is 29.5 Å². The number of benzene rings is 1. The number of carbonyl (C=O) groups excluding carboxylic acids is 2. The van der Waals surface area contributed by atoms with E-state index in [4.69, 9.17) is 11.6 Å². The molecule has 1 aromatic carbocycles. The molecule has 0 spiro atoms. The van der Waals surface area contributed by atoms with Crippen LogP contribution in [0.4, 0.5) is 0 Å². The summed E-state index contributed by atoms with van der Waals surface area (Å²) in [6.07, 6.45) is 2.41. The van der Waals surface area contributed by atoms with Gasteiger partial charge in [-0.15, -0.1) is 0 Å². The number of rotatable bonds is 3. The van der Waals surface area contributed by atoms with Crippen LogP contribution in [0.15, 0.2) is 30.0 Å². The van der Waals surface area contributed by atoms with E-state index >= 15 is 0 Å².